The lowest BCUT2D eigenvalue weighted by Crippen LogP contribution is -2.31. The molecule has 0 radical (unpaired) electrons. The van der Waals surface area contributed by atoms with Crippen LogP contribution in [-0.2, 0) is 0 Å². The molecule has 23 heavy (non-hydrogen) atoms. The van der Waals surface area contributed by atoms with E-state index in [1.165, 1.54) is 38.5 Å². The summed E-state index contributed by atoms with van der Waals surface area (Å²) in [4.78, 5) is 0. The minimum atomic E-state index is -4.34. The van der Waals surface area contributed by atoms with E-state index in [0.29, 0.717) is 0 Å². The minimum absolute atomic E-state index is 0.233. The van der Waals surface area contributed by atoms with E-state index < -0.39 is 12.3 Å². The van der Waals surface area contributed by atoms with Gasteiger partial charge in [0.2, 0.25) is 0 Å². The number of halogens is 3. The zero-order chi connectivity index (χ0) is 17.1. The number of alkyl halides is 3. The normalized spacial score (nSPS) is 12.9. The highest BCUT2D eigenvalue weighted by Gasteiger charge is 2.37. The maximum atomic E-state index is 12.4. The molecule has 0 amide bonds. The molecule has 0 saturated carbocycles. The molecule has 0 spiro atoms. The molecular weight excluding hydrogens is 303 g/mol. The summed E-state index contributed by atoms with van der Waals surface area (Å²) in [5.41, 5.74) is 0.906. The van der Waals surface area contributed by atoms with Crippen molar-refractivity contribution in [3.63, 3.8) is 0 Å². The number of hydrogen-bond donors (Lipinski definition) is 1. The number of hydrogen-bond acceptors (Lipinski definition) is 2. The van der Waals surface area contributed by atoms with Gasteiger partial charge >= 0.3 is 6.18 Å². The van der Waals surface area contributed by atoms with Gasteiger partial charge in [-0.2, -0.15) is 13.2 Å². The van der Waals surface area contributed by atoms with Crippen molar-refractivity contribution in [1.82, 2.24) is 0 Å². The molecule has 1 N–H and O–H groups in total. The van der Waals surface area contributed by atoms with Crippen LogP contribution < -0.4 is 10.1 Å². The highest BCUT2D eigenvalue weighted by atomic mass is 19.4. The summed E-state index contributed by atoms with van der Waals surface area (Å²) in [5, 5.41) is 3.28. The van der Waals surface area contributed by atoms with E-state index in [4.69, 9.17) is 4.74 Å². The zero-order valence-electron chi connectivity index (χ0n) is 14.1. The van der Waals surface area contributed by atoms with Crippen LogP contribution in [0, 0.1) is 0 Å². The second-order valence-corrected chi connectivity index (χ2v) is 5.87. The third-order valence-corrected chi connectivity index (χ3v) is 3.74. The Morgan fingerprint density at radius 2 is 1.52 bits per heavy atom. The lowest BCUT2D eigenvalue weighted by atomic mass is 10.1. The third-order valence-electron chi connectivity index (χ3n) is 3.74. The van der Waals surface area contributed by atoms with Crippen LogP contribution in [0.5, 0.6) is 5.75 Å². The second kappa shape index (κ2) is 10.4. The first-order valence-electron chi connectivity index (χ1n) is 8.50. The van der Waals surface area contributed by atoms with Crippen LogP contribution in [0.25, 0.3) is 0 Å². The van der Waals surface area contributed by atoms with E-state index in [1.54, 1.807) is 24.3 Å². The van der Waals surface area contributed by atoms with Gasteiger partial charge in [-0.1, -0.05) is 45.4 Å². The van der Waals surface area contributed by atoms with Gasteiger partial charge in [0, 0.05) is 12.2 Å². The maximum absolute atomic E-state index is 12.4. The smallest absolute Gasteiger partial charge is 0.425 e. The summed E-state index contributed by atoms with van der Waals surface area (Å²) in [6.45, 7) is 4.10. The van der Waals surface area contributed by atoms with Crippen LogP contribution in [0.2, 0.25) is 0 Å². The van der Waals surface area contributed by atoms with Gasteiger partial charge in [-0.3, -0.25) is 0 Å². The fourth-order valence-corrected chi connectivity index (χ4v) is 2.24. The van der Waals surface area contributed by atoms with Gasteiger partial charge in [-0.15, -0.1) is 0 Å². The lowest BCUT2D eigenvalue weighted by Gasteiger charge is -2.17. The number of nitrogens with one attached hydrogen (secondary N) is 1. The highest BCUT2D eigenvalue weighted by molar-refractivity contribution is 5.46. The summed E-state index contributed by atoms with van der Waals surface area (Å²) < 4.78 is 42.1. The zero-order valence-corrected chi connectivity index (χ0v) is 14.1. The van der Waals surface area contributed by atoms with Gasteiger partial charge in [0.25, 0.3) is 0 Å². The number of ether oxygens (including phenoxy) is 1. The van der Waals surface area contributed by atoms with Crippen molar-refractivity contribution in [3.8, 4) is 5.75 Å². The van der Waals surface area contributed by atoms with Gasteiger partial charge in [0.15, 0.2) is 6.10 Å². The molecule has 0 saturated heterocycles. The first-order valence-corrected chi connectivity index (χ1v) is 8.50. The molecule has 0 heterocycles. The van der Waals surface area contributed by atoms with Crippen molar-refractivity contribution in [3.05, 3.63) is 24.3 Å². The largest absolute Gasteiger partial charge is 0.481 e. The van der Waals surface area contributed by atoms with E-state index in [9.17, 15) is 13.2 Å². The predicted octanol–water partition coefficient (Wildman–Crippen LogP) is 6.18. The van der Waals surface area contributed by atoms with Gasteiger partial charge in [0.1, 0.15) is 5.75 Å². The Morgan fingerprint density at radius 1 is 0.957 bits per heavy atom. The topological polar surface area (TPSA) is 21.3 Å². The second-order valence-electron chi connectivity index (χ2n) is 5.87. The Morgan fingerprint density at radius 3 is 2.09 bits per heavy atom. The van der Waals surface area contributed by atoms with Gasteiger partial charge in [-0.25, -0.2) is 0 Å². The molecule has 1 unspecified atom stereocenters. The Kier molecular flexibility index (Phi) is 8.89. The Balaban J connectivity index is 2.19. The molecule has 0 aliphatic rings. The number of anilines is 1. The SMILES string of the molecule is CCCCCCCCCNc1ccc(OC(C)C(F)(F)F)cc1. The molecule has 2 nitrogen and oxygen atoms in total. The van der Waals surface area contributed by atoms with Gasteiger partial charge in [-0.05, 0) is 37.6 Å². The highest BCUT2D eigenvalue weighted by Crippen LogP contribution is 2.25. The van der Waals surface area contributed by atoms with Crippen LogP contribution in [-0.4, -0.2) is 18.8 Å². The molecule has 0 aromatic heterocycles. The molecular formula is C18H28F3NO. The van der Waals surface area contributed by atoms with Crippen LogP contribution >= 0.6 is 0 Å². The van der Waals surface area contributed by atoms with Crippen LogP contribution in [0.1, 0.15) is 58.8 Å². The molecule has 132 valence electrons. The third kappa shape index (κ3) is 8.72. The number of unbranched alkanes of at least 4 members (excludes halogenated alkanes) is 6. The average Bonchev–Trinajstić information content (AvgIpc) is 2.50. The molecule has 5 heteroatoms. The van der Waals surface area contributed by atoms with Crippen molar-refractivity contribution >= 4 is 5.69 Å². The molecule has 1 atom stereocenters. The molecule has 1 rings (SSSR count). The summed E-state index contributed by atoms with van der Waals surface area (Å²) in [5.74, 6) is 0.233. The molecule has 1 aromatic rings. The minimum Gasteiger partial charge on any atom is -0.481 e. The van der Waals surface area contributed by atoms with E-state index in [2.05, 4.69) is 12.2 Å². The fourth-order valence-electron chi connectivity index (χ4n) is 2.24. The first kappa shape index (κ1) is 19.7. The summed E-state index contributed by atoms with van der Waals surface area (Å²) >= 11 is 0. The van der Waals surface area contributed by atoms with Crippen LogP contribution in [0.3, 0.4) is 0 Å². The monoisotopic (exact) mass is 331 g/mol. The fraction of sp³-hybridized carbons (Fsp3) is 0.667. The number of benzene rings is 1. The quantitative estimate of drug-likeness (QED) is 0.489. The van der Waals surface area contributed by atoms with Crippen molar-refractivity contribution in [1.29, 1.82) is 0 Å². The molecule has 0 fully saturated rings. The van der Waals surface area contributed by atoms with E-state index in [0.717, 1.165) is 25.6 Å². The Labute approximate surface area is 137 Å². The Hall–Kier alpha value is -1.39. The van der Waals surface area contributed by atoms with Crippen molar-refractivity contribution < 1.29 is 17.9 Å². The summed E-state index contributed by atoms with van der Waals surface area (Å²) in [6, 6.07) is 6.63. The Bertz CT molecular complexity index is 417. The van der Waals surface area contributed by atoms with Crippen molar-refractivity contribution in [2.45, 2.75) is 71.1 Å². The molecule has 0 aliphatic heterocycles. The van der Waals surface area contributed by atoms with E-state index in [-0.39, 0.29) is 5.75 Å². The molecule has 0 bridgehead atoms. The summed E-state index contributed by atoms with van der Waals surface area (Å²) in [6.07, 6.45) is 2.66. The number of rotatable bonds is 11. The van der Waals surface area contributed by atoms with Crippen LogP contribution in [0.4, 0.5) is 18.9 Å². The lowest BCUT2D eigenvalue weighted by molar-refractivity contribution is -0.189. The standard InChI is InChI=1S/C18H28F3NO/c1-3-4-5-6-7-8-9-14-22-16-10-12-17(13-11-16)23-15(2)18(19,20)21/h10-13,15,22H,3-9,14H2,1-2H3. The van der Waals surface area contributed by atoms with Gasteiger partial charge < -0.3 is 10.1 Å². The van der Waals surface area contributed by atoms with E-state index in [1.807, 2.05) is 0 Å². The van der Waals surface area contributed by atoms with Crippen molar-refractivity contribution in [2.24, 2.45) is 0 Å². The first-order chi connectivity index (χ1) is 10.9. The maximum Gasteiger partial charge on any atom is 0.425 e. The molecule has 1 aromatic carbocycles. The van der Waals surface area contributed by atoms with Gasteiger partial charge in [0.05, 0.1) is 0 Å². The van der Waals surface area contributed by atoms with Crippen molar-refractivity contribution in [2.75, 3.05) is 11.9 Å². The average molecular weight is 331 g/mol. The predicted molar refractivity (Wildman–Crippen MR) is 89.1 cm³/mol. The molecule has 0 aliphatic carbocycles. The van der Waals surface area contributed by atoms with E-state index >= 15 is 0 Å². The summed E-state index contributed by atoms with van der Waals surface area (Å²) in [7, 11) is 0. The van der Waals surface area contributed by atoms with Crippen LogP contribution in [0.15, 0.2) is 24.3 Å².